The van der Waals surface area contributed by atoms with Crippen molar-refractivity contribution in [2.45, 2.75) is 6.92 Å². The van der Waals surface area contributed by atoms with Crippen LogP contribution in [0.4, 0.5) is 0 Å². The van der Waals surface area contributed by atoms with E-state index in [0.717, 1.165) is 22.6 Å². The van der Waals surface area contributed by atoms with Gasteiger partial charge >= 0.3 is 0 Å². The van der Waals surface area contributed by atoms with Crippen LogP contribution in [0, 0.1) is 0 Å². The van der Waals surface area contributed by atoms with E-state index in [1.807, 2.05) is 18.2 Å². The highest BCUT2D eigenvalue weighted by Gasteiger charge is 2.19. The normalized spacial score (nSPS) is 14.6. The number of fused-ring (bicyclic) bond motifs is 1. The lowest BCUT2D eigenvalue weighted by atomic mass is 9.98. The van der Waals surface area contributed by atoms with Crippen molar-refractivity contribution < 1.29 is 9.47 Å². The third kappa shape index (κ3) is 1.59. The Hall–Kier alpha value is -1.48. The van der Waals surface area contributed by atoms with E-state index in [1.54, 1.807) is 7.11 Å². The van der Waals surface area contributed by atoms with Crippen LogP contribution in [-0.4, -0.2) is 20.3 Å². The number of hydrogen-bond donors (Lipinski definition) is 1. The van der Waals surface area contributed by atoms with Gasteiger partial charge in [-0.15, -0.1) is 0 Å². The van der Waals surface area contributed by atoms with E-state index in [4.69, 9.17) is 15.2 Å². The highest BCUT2D eigenvalue weighted by molar-refractivity contribution is 5.76. The van der Waals surface area contributed by atoms with Gasteiger partial charge in [-0.1, -0.05) is 12.1 Å². The number of nitrogens with two attached hydrogens (primary N) is 1. The minimum atomic E-state index is 0.544. The Morgan fingerprint density at radius 3 is 2.93 bits per heavy atom. The lowest BCUT2D eigenvalue weighted by Gasteiger charge is -2.23. The first-order valence-electron chi connectivity index (χ1n) is 4.96. The molecule has 0 aromatic heterocycles. The second-order valence-corrected chi connectivity index (χ2v) is 3.56. The number of ether oxygens (including phenoxy) is 2. The molecule has 1 aliphatic heterocycles. The average molecular weight is 205 g/mol. The second-order valence-electron chi connectivity index (χ2n) is 3.56. The molecule has 0 atom stereocenters. The molecule has 0 fully saturated rings. The Balaban J connectivity index is 2.55. The van der Waals surface area contributed by atoms with Gasteiger partial charge in [-0.05, 0) is 24.1 Å². The van der Waals surface area contributed by atoms with Gasteiger partial charge in [0, 0.05) is 12.1 Å². The van der Waals surface area contributed by atoms with Crippen molar-refractivity contribution in [3.63, 3.8) is 0 Å². The lowest BCUT2D eigenvalue weighted by molar-refractivity contribution is 0.313. The van der Waals surface area contributed by atoms with Crippen LogP contribution >= 0.6 is 0 Å². The van der Waals surface area contributed by atoms with E-state index in [1.165, 1.54) is 5.57 Å². The van der Waals surface area contributed by atoms with E-state index < -0.39 is 0 Å². The highest BCUT2D eigenvalue weighted by Crippen LogP contribution is 2.39. The van der Waals surface area contributed by atoms with Gasteiger partial charge < -0.3 is 15.2 Å². The first kappa shape index (κ1) is 10.1. The number of rotatable bonds is 2. The smallest absolute Gasteiger partial charge is 0.169 e. The summed E-state index contributed by atoms with van der Waals surface area (Å²) in [6, 6.07) is 5.89. The van der Waals surface area contributed by atoms with Crippen LogP contribution in [0.1, 0.15) is 12.5 Å². The van der Waals surface area contributed by atoms with Crippen LogP contribution in [0.2, 0.25) is 0 Å². The molecule has 1 aromatic carbocycles. The largest absolute Gasteiger partial charge is 0.493 e. The summed E-state index contributed by atoms with van der Waals surface area (Å²) in [6.07, 6.45) is 0. The predicted molar refractivity (Wildman–Crippen MR) is 60.1 cm³/mol. The topological polar surface area (TPSA) is 44.5 Å². The van der Waals surface area contributed by atoms with Crippen LogP contribution in [0.5, 0.6) is 11.5 Å². The maximum atomic E-state index is 5.66. The van der Waals surface area contributed by atoms with Gasteiger partial charge in [0.2, 0.25) is 0 Å². The van der Waals surface area contributed by atoms with E-state index in [0.29, 0.717) is 13.2 Å². The molecule has 3 heteroatoms. The molecule has 1 aromatic rings. The van der Waals surface area contributed by atoms with Gasteiger partial charge in [-0.2, -0.15) is 0 Å². The minimum Gasteiger partial charge on any atom is -0.493 e. The monoisotopic (exact) mass is 205 g/mol. The fourth-order valence-corrected chi connectivity index (χ4v) is 1.79. The first-order valence-corrected chi connectivity index (χ1v) is 4.96. The standard InChI is InChI=1S/C12H15NO2/c1-8-9(6-13)7-15-12-10(8)4-3-5-11(12)14-2/h3-5H,6-7,13H2,1-2H3. The van der Waals surface area contributed by atoms with E-state index in [-0.39, 0.29) is 0 Å². The van der Waals surface area contributed by atoms with Crippen molar-refractivity contribution in [3.8, 4) is 11.5 Å². The van der Waals surface area contributed by atoms with Crippen LogP contribution < -0.4 is 15.2 Å². The maximum absolute atomic E-state index is 5.66. The second kappa shape index (κ2) is 3.95. The van der Waals surface area contributed by atoms with Gasteiger partial charge in [-0.25, -0.2) is 0 Å². The van der Waals surface area contributed by atoms with Crippen LogP contribution in [0.25, 0.3) is 5.57 Å². The first-order chi connectivity index (χ1) is 7.27. The van der Waals surface area contributed by atoms with Gasteiger partial charge in [-0.3, -0.25) is 0 Å². The molecule has 0 unspecified atom stereocenters. The molecule has 3 nitrogen and oxygen atoms in total. The summed E-state index contributed by atoms with van der Waals surface area (Å²) in [6.45, 7) is 3.18. The SMILES string of the molecule is COc1cccc2c1OCC(CN)=C2C. The van der Waals surface area contributed by atoms with Crippen LogP contribution in [-0.2, 0) is 0 Å². The lowest BCUT2D eigenvalue weighted by Crippen LogP contribution is -2.17. The van der Waals surface area contributed by atoms with Crippen molar-refractivity contribution >= 4 is 5.57 Å². The predicted octanol–water partition coefficient (Wildman–Crippen LogP) is 1.82. The number of para-hydroxylation sites is 1. The van der Waals surface area contributed by atoms with Crippen molar-refractivity contribution in [2.24, 2.45) is 5.73 Å². The van der Waals surface area contributed by atoms with E-state index in [2.05, 4.69) is 6.92 Å². The number of allylic oxidation sites excluding steroid dienone is 1. The van der Waals surface area contributed by atoms with Crippen molar-refractivity contribution in [3.05, 3.63) is 29.3 Å². The van der Waals surface area contributed by atoms with Crippen LogP contribution in [0.3, 0.4) is 0 Å². The van der Waals surface area contributed by atoms with Crippen LogP contribution in [0.15, 0.2) is 23.8 Å². The molecule has 0 saturated carbocycles. The Morgan fingerprint density at radius 1 is 1.47 bits per heavy atom. The molecule has 0 radical (unpaired) electrons. The summed E-state index contributed by atoms with van der Waals surface area (Å²) < 4.78 is 10.9. The Bertz CT molecular complexity index is 410. The van der Waals surface area contributed by atoms with Crippen molar-refractivity contribution in [2.75, 3.05) is 20.3 Å². The minimum absolute atomic E-state index is 0.544. The zero-order chi connectivity index (χ0) is 10.8. The summed E-state index contributed by atoms with van der Waals surface area (Å²) in [5, 5.41) is 0. The zero-order valence-electron chi connectivity index (χ0n) is 9.04. The molecule has 1 aliphatic rings. The fraction of sp³-hybridized carbons (Fsp3) is 0.333. The quantitative estimate of drug-likeness (QED) is 0.801. The van der Waals surface area contributed by atoms with Gasteiger partial charge in [0.25, 0.3) is 0 Å². The third-order valence-corrected chi connectivity index (χ3v) is 2.77. The molecule has 0 saturated heterocycles. The molecular formula is C12H15NO2. The molecular weight excluding hydrogens is 190 g/mol. The summed E-state index contributed by atoms with van der Waals surface area (Å²) in [4.78, 5) is 0. The number of hydrogen-bond acceptors (Lipinski definition) is 3. The van der Waals surface area contributed by atoms with Crippen molar-refractivity contribution in [1.29, 1.82) is 0 Å². The molecule has 2 rings (SSSR count). The maximum Gasteiger partial charge on any atom is 0.169 e. The Labute approximate surface area is 89.5 Å². The molecule has 15 heavy (non-hydrogen) atoms. The molecule has 0 bridgehead atoms. The molecule has 80 valence electrons. The summed E-state index contributed by atoms with van der Waals surface area (Å²) in [5.74, 6) is 1.61. The van der Waals surface area contributed by atoms with Crippen molar-refractivity contribution in [1.82, 2.24) is 0 Å². The fourth-order valence-electron chi connectivity index (χ4n) is 1.79. The summed E-state index contributed by atoms with van der Waals surface area (Å²) >= 11 is 0. The molecule has 1 heterocycles. The summed E-state index contributed by atoms with van der Waals surface area (Å²) in [7, 11) is 1.65. The number of benzene rings is 1. The highest BCUT2D eigenvalue weighted by atomic mass is 16.5. The average Bonchev–Trinajstić information content (AvgIpc) is 2.29. The molecule has 0 spiro atoms. The Kier molecular flexibility index (Phi) is 2.64. The van der Waals surface area contributed by atoms with Gasteiger partial charge in [0.05, 0.1) is 7.11 Å². The van der Waals surface area contributed by atoms with E-state index in [9.17, 15) is 0 Å². The molecule has 2 N–H and O–H groups in total. The summed E-state index contributed by atoms with van der Waals surface area (Å²) in [5.41, 5.74) is 9.09. The zero-order valence-corrected chi connectivity index (χ0v) is 9.04. The van der Waals surface area contributed by atoms with Gasteiger partial charge in [0.15, 0.2) is 11.5 Å². The molecule has 0 amide bonds. The van der Waals surface area contributed by atoms with E-state index >= 15 is 0 Å². The Morgan fingerprint density at radius 2 is 2.27 bits per heavy atom. The number of methoxy groups -OCH3 is 1. The third-order valence-electron chi connectivity index (χ3n) is 2.77. The molecule has 0 aliphatic carbocycles. The van der Waals surface area contributed by atoms with Gasteiger partial charge in [0.1, 0.15) is 6.61 Å².